The van der Waals surface area contributed by atoms with Crippen molar-refractivity contribution in [1.82, 2.24) is 10.6 Å². The fourth-order valence-electron chi connectivity index (χ4n) is 1.50. The Hall–Kier alpha value is -1.31. The number of nitrogens with one attached hydrogen (secondary N) is 2. The van der Waals surface area contributed by atoms with Gasteiger partial charge in [-0.1, -0.05) is 12.1 Å². The van der Waals surface area contributed by atoms with E-state index in [2.05, 4.69) is 22.2 Å². The van der Waals surface area contributed by atoms with Gasteiger partial charge in [0.25, 0.3) is 0 Å². The van der Waals surface area contributed by atoms with E-state index in [1.54, 1.807) is 19.2 Å². The van der Waals surface area contributed by atoms with Crippen molar-refractivity contribution in [3.8, 4) is 5.75 Å². The van der Waals surface area contributed by atoms with Gasteiger partial charge < -0.3 is 15.4 Å². The van der Waals surface area contributed by atoms with Crippen LogP contribution >= 0.6 is 24.0 Å². The fraction of sp³-hybridized carbons (Fsp3) is 0.357. The van der Waals surface area contributed by atoms with E-state index in [-0.39, 0.29) is 35.5 Å². The van der Waals surface area contributed by atoms with Crippen molar-refractivity contribution >= 4 is 29.9 Å². The molecule has 0 aliphatic carbocycles. The minimum absolute atomic E-state index is 0. The maximum atomic E-state index is 13.6. The molecule has 0 heterocycles. The molecule has 0 amide bonds. The zero-order valence-corrected chi connectivity index (χ0v) is 14.1. The number of guanidine groups is 1. The summed E-state index contributed by atoms with van der Waals surface area (Å²) in [6.07, 6.45) is 1.74. The zero-order chi connectivity index (χ0) is 14.1. The fourth-order valence-corrected chi connectivity index (χ4v) is 1.50. The minimum atomic E-state index is -0.352. The monoisotopic (exact) mass is 393 g/mol. The molecule has 2 N–H and O–H groups in total. The second-order valence-corrected chi connectivity index (χ2v) is 3.79. The van der Waals surface area contributed by atoms with Gasteiger partial charge in [-0.15, -0.1) is 30.6 Å². The van der Waals surface area contributed by atoms with Crippen molar-refractivity contribution in [1.29, 1.82) is 0 Å². The number of hydrogen-bond acceptors (Lipinski definition) is 2. The van der Waals surface area contributed by atoms with Crippen LogP contribution in [-0.4, -0.2) is 26.2 Å². The molecule has 1 rings (SSSR count). The number of hydrogen-bond donors (Lipinski definition) is 2. The van der Waals surface area contributed by atoms with Crippen LogP contribution in [-0.2, 0) is 6.54 Å². The molecule has 0 spiro atoms. The predicted molar refractivity (Wildman–Crippen MR) is 91.4 cm³/mol. The third-order valence-corrected chi connectivity index (χ3v) is 2.39. The molecular weight excluding hydrogens is 372 g/mol. The van der Waals surface area contributed by atoms with E-state index >= 15 is 0 Å². The first kappa shape index (κ1) is 18.7. The second-order valence-electron chi connectivity index (χ2n) is 3.79. The van der Waals surface area contributed by atoms with Crippen molar-refractivity contribution < 1.29 is 9.13 Å². The maximum absolute atomic E-state index is 13.6. The van der Waals surface area contributed by atoms with Crippen LogP contribution in [0.25, 0.3) is 0 Å². The molecule has 6 heteroatoms. The van der Waals surface area contributed by atoms with Gasteiger partial charge in [0.15, 0.2) is 17.5 Å². The van der Waals surface area contributed by atoms with Crippen LogP contribution in [0, 0.1) is 5.82 Å². The molecule has 0 bridgehead atoms. The Labute approximate surface area is 136 Å². The van der Waals surface area contributed by atoms with Crippen LogP contribution in [0.3, 0.4) is 0 Å². The van der Waals surface area contributed by atoms with Crippen LogP contribution < -0.4 is 15.4 Å². The number of aliphatic imine (C=N–C) groups is 1. The number of nitrogens with zero attached hydrogens (tertiary/aromatic N) is 1. The average molecular weight is 393 g/mol. The summed E-state index contributed by atoms with van der Waals surface area (Å²) in [4.78, 5) is 4.04. The molecule has 0 aliphatic heterocycles. The summed E-state index contributed by atoms with van der Waals surface area (Å²) in [5.74, 6) is 0.574. The van der Waals surface area contributed by atoms with Gasteiger partial charge in [-0.05, 0) is 24.6 Å². The van der Waals surface area contributed by atoms with E-state index in [0.717, 1.165) is 5.56 Å². The van der Waals surface area contributed by atoms with E-state index in [4.69, 9.17) is 4.74 Å². The molecule has 0 fully saturated rings. The molecule has 0 saturated heterocycles. The SMILES string of the molecule is C=CCNC(=NC)NCc1ccc(OCC)c(F)c1.I. The third kappa shape index (κ3) is 6.23. The largest absolute Gasteiger partial charge is 0.491 e. The lowest BCUT2D eigenvalue weighted by Crippen LogP contribution is -2.36. The Kier molecular flexibility index (Phi) is 9.79. The highest BCUT2D eigenvalue weighted by molar-refractivity contribution is 14.0. The van der Waals surface area contributed by atoms with Crippen LogP contribution in [0.15, 0.2) is 35.8 Å². The van der Waals surface area contributed by atoms with Crippen molar-refractivity contribution in [2.75, 3.05) is 20.2 Å². The van der Waals surface area contributed by atoms with E-state index in [1.807, 2.05) is 13.0 Å². The second kappa shape index (κ2) is 10.5. The average Bonchev–Trinajstić information content (AvgIpc) is 2.42. The van der Waals surface area contributed by atoms with Crippen LogP contribution in [0.4, 0.5) is 4.39 Å². The third-order valence-electron chi connectivity index (χ3n) is 2.39. The van der Waals surface area contributed by atoms with Gasteiger partial charge in [0.05, 0.1) is 6.61 Å². The highest BCUT2D eigenvalue weighted by Gasteiger charge is 2.04. The smallest absolute Gasteiger partial charge is 0.191 e. The molecule has 0 aliphatic rings. The van der Waals surface area contributed by atoms with Gasteiger partial charge in [0.2, 0.25) is 0 Å². The molecule has 0 atom stereocenters. The molecule has 0 unspecified atom stereocenters. The highest BCUT2D eigenvalue weighted by Crippen LogP contribution is 2.18. The van der Waals surface area contributed by atoms with E-state index < -0.39 is 0 Å². The summed E-state index contributed by atoms with van der Waals surface area (Å²) in [6, 6.07) is 4.91. The van der Waals surface area contributed by atoms with Gasteiger partial charge in [-0.3, -0.25) is 4.99 Å². The first-order valence-electron chi connectivity index (χ1n) is 6.17. The molecule has 0 radical (unpaired) electrons. The van der Waals surface area contributed by atoms with Gasteiger partial charge in [-0.2, -0.15) is 0 Å². The normalized spacial score (nSPS) is 10.4. The number of benzene rings is 1. The van der Waals surface area contributed by atoms with E-state index in [1.165, 1.54) is 6.07 Å². The van der Waals surface area contributed by atoms with Crippen molar-refractivity contribution in [2.24, 2.45) is 4.99 Å². The number of ether oxygens (including phenoxy) is 1. The summed E-state index contributed by atoms with van der Waals surface area (Å²) >= 11 is 0. The van der Waals surface area contributed by atoms with E-state index in [9.17, 15) is 4.39 Å². The van der Waals surface area contributed by atoms with Crippen molar-refractivity contribution in [3.63, 3.8) is 0 Å². The Balaban J connectivity index is 0.00000361. The predicted octanol–water partition coefficient (Wildman–Crippen LogP) is 2.69. The first-order valence-corrected chi connectivity index (χ1v) is 6.17. The maximum Gasteiger partial charge on any atom is 0.191 e. The Morgan fingerprint density at radius 1 is 1.45 bits per heavy atom. The van der Waals surface area contributed by atoms with Gasteiger partial charge in [0.1, 0.15) is 0 Å². The van der Waals surface area contributed by atoms with Crippen LogP contribution in [0.2, 0.25) is 0 Å². The molecule has 1 aromatic carbocycles. The van der Waals surface area contributed by atoms with Gasteiger partial charge in [0, 0.05) is 20.1 Å². The highest BCUT2D eigenvalue weighted by atomic mass is 127. The summed E-state index contributed by atoms with van der Waals surface area (Å²) in [5, 5.41) is 6.12. The molecule has 0 aromatic heterocycles. The molecular formula is C14H21FIN3O. The topological polar surface area (TPSA) is 45.7 Å². The van der Waals surface area contributed by atoms with Gasteiger partial charge >= 0.3 is 0 Å². The standard InChI is InChI=1S/C14H20FN3O.HI/c1-4-8-17-14(16-3)18-10-11-6-7-13(19-5-2)12(15)9-11;/h4,6-7,9H,1,5,8,10H2,2-3H3,(H2,16,17,18);1H. The Bertz CT molecular complexity index is 452. The lowest BCUT2D eigenvalue weighted by Gasteiger charge is -2.11. The lowest BCUT2D eigenvalue weighted by molar-refractivity contribution is 0.321. The summed E-state index contributed by atoms with van der Waals surface area (Å²) in [5.41, 5.74) is 0.822. The van der Waals surface area contributed by atoms with Crippen LogP contribution in [0.1, 0.15) is 12.5 Å². The summed E-state index contributed by atoms with van der Waals surface area (Å²) in [6.45, 7) is 7.00. The Morgan fingerprint density at radius 2 is 2.20 bits per heavy atom. The Morgan fingerprint density at radius 3 is 2.75 bits per heavy atom. The molecule has 20 heavy (non-hydrogen) atoms. The van der Waals surface area contributed by atoms with E-state index in [0.29, 0.717) is 25.7 Å². The quantitative estimate of drug-likeness (QED) is 0.338. The lowest BCUT2D eigenvalue weighted by atomic mass is 10.2. The molecule has 4 nitrogen and oxygen atoms in total. The number of halogens is 2. The van der Waals surface area contributed by atoms with Crippen molar-refractivity contribution in [3.05, 3.63) is 42.2 Å². The number of rotatable bonds is 6. The minimum Gasteiger partial charge on any atom is -0.491 e. The first-order chi connectivity index (χ1) is 9.21. The molecule has 1 aromatic rings. The summed E-state index contributed by atoms with van der Waals surface area (Å²) < 4.78 is 18.8. The van der Waals surface area contributed by atoms with Crippen molar-refractivity contribution in [2.45, 2.75) is 13.5 Å². The van der Waals surface area contributed by atoms with Gasteiger partial charge in [-0.25, -0.2) is 4.39 Å². The molecule has 0 saturated carbocycles. The summed E-state index contributed by atoms with van der Waals surface area (Å²) in [7, 11) is 1.68. The molecule has 112 valence electrons. The van der Waals surface area contributed by atoms with Crippen LogP contribution in [0.5, 0.6) is 5.75 Å². The zero-order valence-electron chi connectivity index (χ0n) is 11.8.